The molecule has 0 radical (unpaired) electrons. The number of aromatic nitrogens is 2. The van der Waals surface area contributed by atoms with Gasteiger partial charge in [-0.15, -0.1) is 0 Å². The predicted molar refractivity (Wildman–Crippen MR) is 83.8 cm³/mol. The Hall–Kier alpha value is -1.68. The first-order valence-corrected chi connectivity index (χ1v) is 8.01. The van der Waals surface area contributed by atoms with Gasteiger partial charge in [0.2, 0.25) is 0 Å². The molecule has 0 spiro atoms. The molecule has 110 valence electrons. The van der Waals surface area contributed by atoms with Crippen LogP contribution in [0.15, 0.2) is 24.3 Å². The fraction of sp³-hybridized carbons (Fsp3) is 0.529. The molecular formula is C17H21N3O. The Morgan fingerprint density at radius 3 is 2.57 bits per heavy atom. The fourth-order valence-corrected chi connectivity index (χ4v) is 3.46. The molecule has 0 bridgehead atoms. The molecule has 2 aliphatic rings. The summed E-state index contributed by atoms with van der Waals surface area (Å²) in [4.78, 5) is 12.2. The molecule has 0 atom stereocenters. The Morgan fingerprint density at radius 2 is 1.76 bits per heavy atom. The van der Waals surface area contributed by atoms with Gasteiger partial charge in [0.1, 0.15) is 11.6 Å². The van der Waals surface area contributed by atoms with Crippen LogP contribution in [0.4, 0.5) is 5.82 Å². The number of rotatable bonds is 2. The van der Waals surface area contributed by atoms with Gasteiger partial charge in [-0.2, -0.15) is 0 Å². The highest BCUT2D eigenvalue weighted by atomic mass is 16.5. The first kappa shape index (κ1) is 13.0. The number of hydrogen-bond donors (Lipinski definition) is 0. The molecule has 4 nitrogen and oxygen atoms in total. The molecule has 1 aromatic heterocycles. The number of para-hydroxylation sites is 1. The summed E-state index contributed by atoms with van der Waals surface area (Å²) in [6.07, 6.45) is 5.10. The lowest BCUT2D eigenvalue weighted by atomic mass is 10.1. The average Bonchev–Trinajstić information content (AvgIpc) is 3.09. The van der Waals surface area contributed by atoms with Crippen molar-refractivity contribution in [2.24, 2.45) is 0 Å². The van der Waals surface area contributed by atoms with E-state index in [1.54, 1.807) is 0 Å². The fourth-order valence-electron chi connectivity index (χ4n) is 3.46. The zero-order valence-corrected chi connectivity index (χ0v) is 12.3. The third-order valence-electron chi connectivity index (χ3n) is 4.63. The van der Waals surface area contributed by atoms with Crippen LogP contribution < -0.4 is 4.90 Å². The van der Waals surface area contributed by atoms with Crippen LogP contribution in [0, 0.1) is 0 Å². The topological polar surface area (TPSA) is 38.2 Å². The van der Waals surface area contributed by atoms with Crippen LogP contribution in [0.25, 0.3) is 10.9 Å². The third-order valence-corrected chi connectivity index (χ3v) is 4.63. The highest BCUT2D eigenvalue weighted by Gasteiger charge is 2.23. The summed E-state index contributed by atoms with van der Waals surface area (Å²) >= 11 is 0. The van der Waals surface area contributed by atoms with Crippen LogP contribution in [-0.4, -0.2) is 36.3 Å². The second kappa shape index (κ2) is 5.60. The molecular weight excluding hydrogens is 262 g/mol. The van der Waals surface area contributed by atoms with E-state index in [-0.39, 0.29) is 0 Å². The molecule has 1 aromatic carbocycles. The Kier molecular flexibility index (Phi) is 3.47. The van der Waals surface area contributed by atoms with Gasteiger partial charge in [0.15, 0.2) is 0 Å². The minimum atomic E-state index is 0.550. The molecule has 2 heterocycles. The van der Waals surface area contributed by atoms with Crippen LogP contribution >= 0.6 is 0 Å². The number of benzene rings is 1. The predicted octanol–water partition coefficient (Wildman–Crippen LogP) is 3.12. The SMILES string of the molecule is c1ccc2c(N3CCOCC3)nc(C3CCCC3)nc2c1. The molecule has 2 fully saturated rings. The van der Waals surface area contributed by atoms with E-state index in [0.29, 0.717) is 5.92 Å². The van der Waals surface area contributed by atoms with Crippen molar-refractivity contribution in [2.45, 2.75) is 31.6 Å². The lowest BCUT2D eigenvalue weighted by molar-refractivity contribution is 0.122. The van der Waals surface area contributed by atoms with Crippen molar-refractivity contribution < 1.29 is 4.74 Å². The zero-order chi connectivity index (χ0) is 14.1. The second-order valence-electron chi connectivity index (χ2n) is 6.00. The maximum absolute atomic E-state index is 5.48. The molecule has 1 aliphatic carbocycles. The molecule has 0 N–H and O–H groups in total. The van der Waals surface area contributed by atoms with E-state index in [2.05, 4.69) is 29.2 Å². The highest BCUT2D eigenvalue weighted by Crippen LogP contribution is 2.34. The molecule has 1 saturated heterocycles. The summed E-state index contributed by atoms with van der Waals surface area (Å²) in [5, 5.41) is 1.17. The van der Waals surface area contributed by atoms with E-state index in [9.17, 15) is 0 Å². The number of anilines is 1. The van der Waals surface area contributed by atoms with Gasteiger partial charge in [-0.1, -0.05) is 25.0 Å². The smallest absolute Gasteiger partial charge is 0.140 e. The van der Waals surface area contributed by atoms with Crippen molar-refractivity contribution in [1.29, 1.82) is 0 Å². The maximum Gasteiger partial charge on any atom is 0.140 e. The number of fused-ring (bicyclic) bond motifs is 1. The lowest BCUT2D eigenvalue weighted by Gasteiger charge is -2.29. The first-order valence-electron chi connectivity index (χ1n) is 8.01. The highest BCUT2D eigenvalue weighted by molar-refractivity contribution is 5.89. The van der Waals surface area contributed by atoms with Crippen molar-refractivity contribution in [3.05, 3.63) is 30.1 Å². The molecule has 0 unspecified atom stereocenters. The molecule has 1 saturated carbocycles. The lowest BCUT2D eigenvalue weighted by Crippen LogP contribution is -2.37. The van der Waals surface area contributed by atoms with Crippen LogP contribution in [0.2, 0.25) is 0 Å². The summed E-state index contributed by atoms with van der Waals surface area (Å²) in [7, 11) is 0. The van der Waals surface area contributed by atoms with E-state index in [0.717, 1.165) is 43.5 Å². The number of nitrogens with zero attached hydrogens (tertiary/aromatic N) is 3. The monoisotopic (exact) mass is 283 g/mol. The molecule has 1 aliphatic heterocycles. The van der Waals surface area contributed by atoms with E-state index in [4.69, 9.17) is 14.7 Å². The molecule has 4 rings (SSSR count). The standard InChI is InChI=1S/C17H21N3O/c1-2-6-13(5-1)16-18-15-8-4-3-7-14(15)17(19-16)20-9-11-21-12-10-20/h3-4,7-8,13H,1-2,5-6,9-12H2. The average molecular weight is 283 g/mol. The summed E-state index contributed by atoms with van der Waals surface area (Å²) < 4.78 is 5.48. The summed E-state index contributed by atoms with van der Waals surface area (Å²) in [6.45, 7) is 3.42. The van der Waals surface area contributed by atoms with Crippen LogP contribution in [0.3, 0.4) is 0 Å². The van der Waals surface area contributed by atoms with E-state index in [1.807, 2.05) is 0 Å². The maximum atomic E-state index is 5.48. The van der Waals surface area contributed by atoms with Gasteiger partial charge in [-0.3, -0.25) is 0 Å². The summed E-state index contributed by atoms with van der Waals surface area (Å²) in [5.74, 6) is 2.70. The van der Waals surface area contributed by atoms with E-state index in [1.165, 1.54) is 31.1 Å². The molecule has 4 heteroatoms. The van der Waals surface area contributed by atoms with Crippen LogP contribution in [-0.2, 0) is 4.74 Å². The number of hydrogen-bond acceptors (Lipinski definition) is 4. The van der Waals surface area contributed by atoms with Crippen molar-refractivity contribution in [3.8, 4) is 0 Å². The van der Waals surface area contributed by atoms with E-state index < -0.39 is 0 Å². The molecule has 0 amide bonds. The summed E-state index contributed by atoms with van der Waals surface area (Å²) in [5.41, 5.74) is 1.08. The van der Waals surface area contributed by atoms with Gasteiger partial charge in [0.05, 0.1) is 18.7 Å². The Labute approximate surface area is 125 Å². The Morgan fingerprint density at radius 1 is 1.00 bits per heavy atom. The molecule has 2 aromatic rings. The number of morpholine rings is 1. The first-order chi connectivity index (χ1) is 10.4. The normalized spacial score (nSPS) is 20.3. The van der Waals surface area contributed by atoms with Gasteiger partial charge in [0, 0.05) is 24.4 Å². The van der Waals surface area contributed by atoms with E-state index >= 15 is 0 Å². The quantitative estimate of drug-likeness (QED) is 0.848. The van der Waals surface area contributed by atoms with Gasteiger partial charge < -0.3 is 9.64 Å². The van der Waals surface area contributed by atoms with Gasteiger partial charge in [-0.05, 0) is 25.0 Å². The largest absolute Gasteiger partial charge is 0.378 e. The molecule has 21 heavy (non-hydrogen) atoms. The van der Waals surface area contributed by atoms with Crippen LogP contribution in [0.1, 0.15) is 37.4 Å². The van der Waals surface area contributed by atoms with Crippen LogP contribution in [0.5, 0.6) is 0 Å². The summed E-state index contributed by atoms with van der Waals surface area (Å²) in [6, 6.07) is 8.39. The second-order valence-corrected chi connectivity index (χ2v) is 6.00. The van der Waals surface area contributed by atoms with Crippen molar-refractivity contribution >= 4 is 16.7 Å². The minimum Gasteiger partial charge on any atom is -0.378 e. The Balaban J connectivity index is 1.81. The van der Waals surface area contributed by atoms with Gasteiger partial charge in [0.25, 0.3) is 0 Å². The van der Waals surface area contributed by atoms with Crippen molar-refractivity contribution in [3.63, 3.8) is 0 Å². The number of ether oxygens (including phenoxy) is 1. The van der Waals surface area contributed by atoms with Crippen molar-refractivity contribution in [2.75, 3.05) is 31.2 Å². The third kappa shape index (κ3) is 2.48. The van der Waals surface area contributed by atoms with Crippen molar-refractivity contribution in [1.82, 2.24) is 9.97 Å². The van der Waals surface area contributed by atoms with Gasteiger partial charge in [-0.25, -0.2) is 9.97 Å². The van der Waals surface area contributed by atoms with Gasteiger partial charge >= 0.3 is 0 Å². The minimum absolute atomic E-state index is 0.550. The Bertz CT molecular complexity index is 631. The zero-order valence-electron chi connectivity index (χ0n) is 12.3.